The molecule has 2 aliphatic heterocycles. The van der Waals surface area contributed by atoms with Crippen molar-refractivity contribution in [2.24, 2.45) is 0 Å². The number of para-hydroxylation sites is 1. The molecule has 0 N–H and O–H groups in total. The monoisotopic (exact) mass is 382 g/mol. The molecule has 4 nitrogen and oxygen atoms in total. The third-order valence-corrected chi connectivity index (χ3v) is 5.91. The standard InChI is InChI=1S/C23H27FN2O2/c1-18-22(27)26(20-10-6-3-7-11-20)17-23(28-18)12-14-25(15-13-23)21(24)16-19-8-4-2-5-9-19/h2-11,18,21H,12-17H2,1H3. The van der Waals surface area contributed by atoms with E-state index in [0.29, 0.717) is 26.1 Å². The van der Waals surface area contributed by atoms with E-state index in [1.807, 2.05) is 77.4 Å². The van der Waals surface area contributed by atoms with Gasteiger partial charge >= 0.3 is 0 Å². The smallest absolute Gasteiger partial charge is 0.255 e. The number of benzene rings is 2. The Bertz CT molecular complexity index is 791. The molecule has 2 fully saturated rings. The number of rotatable bonds is 4. The second-order valence-corrected chi connectivity index (χ2v) is 7.86. The molecule has 5 heteroatoms. The van der Waals surface area contributed by atoms with Crippen LogP contribution in [0.2, 0.25) is 0 Å². The summed E-state index contributed by atoms with van der Waals surface area (Å²) in [6.07, 6.45) is 0.380. The second-order valence-electron chi connectivity index (χ2n) is 7.86. The topological polar surface area (TPSA) is 32.8 Å². The molecule has 2 atom stereocenters. The van der Waals surface area contributed by atoms with Crippen molar-refractivity contribution in [2.75, 3.05) is 24.5 Å². The molecule has 0 bridgehead atoms. The number of hydrogen-bond acceptors (Lipinski definition) is 3. The van der Waals surface area contributed by atoms with Crippen molar-refractivity contribution >= 4 is 11.6 Å². The van der Waals surface area contributed by atoms with Crippen LogP contribution in [0.1, 0.15) is 25.3 Å². The average Bonchev–Trinajstić information content (AvgIpc) is 2.73. The van der Waals surface area contributed by atoms with Gasteiger partial charge in [-0.05, 0) is 37.5 Å². The van der Waals surface area contributed by atoms with Crippen molar-refractivity contribution in [3.63, 3.8) is 0 Å². The molecule has 1 amide bonds. The SMILES string of the molecule is CC1OC2(CCN(C(F)Cc3ccccc3)CC2)CN(c2ccccc2)C1=O. The summed E-state index contributed by atoms with van der Waals surface area (Å²) in [5.41, 5.74) is 1.52. The third kappa shape index (κ3) is 3.96. The highest BCUT2D eigenvalue weighted by Crippen LogP contribution is 2.35. The first-order valence-corrected chi connectivity index (χ1v) is 10.0. The van der Waals surface area contributed by atoms with Crippen molar-refractivity contribution in [3.8, 4) is 0 Å². The van der Waals surface area contributed by atoms with E-state index in [0.717, 1.165) is 24.1 Å². The van der Waals surface area contributed by atoms with Crippen LogP contribution in [-0.2, 0) is 16.0 Å². The molecule has 2 aliphatic rings. The van der Waals surface area contributed by atoms with E-state index in [-0.39, 0.29) is 5.91 Å². The summed E-state index contributed by atoms with van der Waals surface area (Å²) in [4.78, 5) is 16.4. The lowest BCUT2D eigenvalue weighted by molar-refractivity contribution is -0.164. The molecule has 0 radical (unpaired) electrons. The highest BCUT2D eigenvalue weighted by Gasteiger charge is 2.46. The maximum atomic E-state index is 14.8. The molecule has 0 aromatic heterocycles. The molecule has 2 aromatic carbocycles. The molecule has 28 heavy (non-hydrogen) atoms. The number of alkyl halides is 1. The fourth-order valence-electron chi connectivity index (χ4n) is 4.30. The number of ether oxygens (including phenoxy) is 1. The Morgan fingerprint density at radius 2 is 1.68 bits per heavy atom. The number of likely N-dealkylation sites (tertiary alicyclic amines) is 1. The van der Waals surface area contributed by atoms with Crippen LogP contribution in [0.15, 0.2) is 60.7 Å². The van der Waals surface area contributed by atoms with Gasteiger partial charge in [-0.3, -0.25) is 9.69 Å². The first-order chi connectivity index (χ1) is 13.6. The molecular formula is C23H27FN2O2. The van der Waals surface area contributed by atoms with Crippen molar-refractivity contribution in [1.29, 1.82) is 0 Å². The number of anilines is 1. The lowest BCUT2D eigenvalue weighted by Gasteiger charge is -2.49. The molecule has 2 aromatic rings. The van der Waals surface area contributed by atoms with Crippen LogP contribution in [0.3, 0.4) is 0 Å². The highest BCUT2D eigenvalue weighted by atomic mass is 19.1. The number of morpholine rings is 1. The molecule has 4 rings (SSSR count). The van der Waals surface area contributed by atoms with E-state index in [1.54, 1.807) is 0 Å². The van der Waals surface area contributed by atoms with Gasteiger partial charge in [0.25, 0.3) is 5.91 Å². The molecule has 2 unspecified atom stereocenters. The van der Waals surface area contributed by atoms with E-state index in [2.05, 4.69) is 0 Å². The minimum Gasteiger partial charge on any atom is -0.360 e. The zero-order valence-electron chi connectivity index (χ0n) is 16.3. The van der Waals surface area contributed by atoms with Gasteiger partial charge in [-0.1, -0.05) is 48.5 Å². The lowest BCUT2D eigenvalue weighted by Crippen LogP contribution is -2.62. The predicted octanol–water partition coefficient (Wildman–Crippen LogP) is 3.81. The average molecular weight is 382 g/mol. The summed E-state index contributed by atoms with van der Waals surface area (Å²) >= 11 is 0. The van der Waals surface area contributed by atoms with Gasteiger partial charge in [-0.2, -0.15) is 0 Å². The first kappa shape index (κ1) is 19.1. The van der Waals surface area contributed by atoms with Crippen molar-refractivity contribution in [2.45, 2.75) is 44.2 Å². The normalized spacial score (nSPS) is 23.7. The second kappa shape index (κ2) is 8.02. The fourth-order valence-corrected chi connectivity index (χ4v) is 4.30. The Hall–Kier alpha value is -2.24. The molecule has 2 heterocycles. The van der Waals surface area contributed by atoms with Gasteiger partial charge < -0.3 is 9.64 Å². The van der Waals surface area contributed by atoms with Crippen LogP contribution >= 0.6 is 0 Å². The summed E-state index contributed by atoms with van der Waals surface area (Å²) in [6.45, 7) is 3.62. The van der Waals surface area contributed by atoms with E-state index in [9.17, 15) is 9.18 Å². The molecule has 0 saturated carbocycles. The summed E-state index contributed by atoms with van der Waals surface area (Å²) < 4.78 is 21.0. The molecule has 1 spiro atoms. The van der Waals surface area contributed by atoms with Crippen LogP contribution in [0.5, 0.6) is 0 Å². The minimum atomic E-state index is -0.993. The van der Waals surface area contributed by atoms with Crippen molar-refractivity contribution in [3.05, 3.63) is 66.2 Å². The van der Waals surface area contributed by atoms with Crippen molar-refractivity contribution < 1.29 is 13.9 Å². The highest BCUT2D eigenvalue weighted by molar-refractivity contribution is 5.97. The van der Waals surface area contributed by atoms with E-state index in [1.165, 1.54) is 0 Å². The summed E-state index contributed by atoms with van der Waals surface area (Å²) in [6, 6.07) is 19.5. The zero-order chi connectivity index (χ0) is 19.6. The quantitative estimate of drug-likeness (QED) is 0.754. The van der Waals surface area contributed by atoms with Gasteiger partial charge in [0.1, 0.15) is 6.10 Å². The van der Waals surface area contributed by atoms with Gasteiger partial charge in [-0.25, -0.2) is 4.39 Å². The van der Waals surface area contributed by atoms with Gasteiger partial charge in [0.15, 0.2) is 6.30 Å². The van der Waals surface area contributed by atoms with Crippen LogP contribution < -0.4 is 4.90 Å². The Morgan fingerprint density at radius 1 is 1.07 bits per heavy atom. The predicted molar refractivity (Wildman–Crippen MR) is 108 cm³/mol. The van der Waals surface area contributed by atoms with Gasteiger partial charge in [0.05, 0.1) is 12.1 Å². The van der Waals surface area contributed by atoms with E-state index in [4.69, 9.17) is 4.74 Å². The Morgan fingerprint density at radius 3 is 2.32 bits per heavy atom. The number of hydrogen-bond donors (Lipinski definition) is 0. The van der Waals surface area contributed by atoms with Crippen LogP contribution in [0.4, 0.5) is 10.1 Å². The number of piperidine rings is 1. The Balaban J connectivity index is 1.42. The largest absolute Gasteiger partial charge is 0.360 e. The van der Waals surface area contributed by atoms with Crippen molar-refractivity contribution in [1.82, 2.24) is 4.90 Å². The number of amides is 1. The van der Waals surface area contributed by atoms with Gasteiger partial charge in [0.2, 0.25) is 0 Å². The van der Waals surface area contributed by atoms with Gasteiger partial charge in [0, 0.05) is 25.2 Å². The fraction of sp³-hybridized carbons (Fsp3) is 0.435. The molecule has 0 aliphatic carbocycles. The number of nitrogens with zero attached hydrogens (tertiary/aromatic N) is 2. The third-order valence-electron chi connectivity index (χ3n) is 5.91. The number of carbonyl (C=O) groups is 1. The number of halogens is 1. The van der Waals surface area contributed by atoms with Crippen LogP contribution in [-0.4, -0.2) is 48.4 Å². The molecule has 148 valence electrons. The summed E-state index contributed by atoms with van der Waals surface area (Å²) in [5, 5.41) is 0. The lowest BCUT2D eigenvalue weighted by atomic mass is 9.88. The Labute approximate surface area is 165 Å². The first-order valence-electron chi connectivity index (χ1n) is 10.0. The van der Waals surface area contributed by atoms with Crippen LogP contribution in [0, 0.1) is 0 Å². The molecular weight excluding hydrogens is 355 g/mol. The summed E-state index contributed by atoms with van der Waals surface area (Å²) in [7, 11) is 0. The van der Waals surface area contributed by atoms with Crippen LogP contribution in [0.25, 0.3) is 0 Å². The zero-order valence-corrected chi connectivity index (χ0v) is 16.3. The minimum absolute atomic E-state index is 0.00768. The maximum Gasteiger partial charge on any atom is 0.255 e. The van der Waals surface area contributed by atoms with Gasteiger partial charge in [-0.15, -0.1) is 0 Å². The Kier molecular flexibility index (Phi) is 5.47. The maximum absolute atomic E-state index is 14.8. The molecule has 2 saturated heterocycles. The van der Waals surface area contributed by atoms with E-state index < -0.39 is 18.0 Å². The summed E-state index contributed by atoms with van der Waals surface area (Å²) in [5.74, 6) is -0.00768. The number of carbonyl (C=O) groups excluding carboxylic acids is 1. The van der Waals surface area contributed by atoms with E-state index >= 15 is 0 Å².